The van der Waals surface area contributed by atoms with Gasteiger partial charge in [0.25, 0.3) is 0 Å². The number of hydrogen-bond acceptors (Lipinski definition) is 6. The van der Waals surface area contributed by atoms with Crippen LogP contribution in [0.5, 0.6) is 0 Å². The summed E-state index contributed by atoms with van der Waals surface area (Å²) in [5, 5.41) is 0. The Morgan fingerprint density at radius 3 is 2.03 bits per heavy atom. The molecular formula is C24H42O6. The van der Waals surface area contributed by atoms with Gasteiger partial charge in [-0.1, -0.05) is 46.0 Å². The summed E-state index contributed by atoms with van der Waals surface area (Å²) in [6.07, 6.45) is 13.4. The van der Waals surface area contributed by atoms with Crippen LogP contribution in [0.4, 0.5) is 9.59 Å². The minimum absolute atomic E-state index is 0.00902. The normalized spacial score (nSPS) is 23.4. The van der Waals surface area contributed by atoms with Gasteiger partial charge in [0, 0.05) is 6.42 Å². The third-order valence-electron chi connectivity index (χ3n) is 6.27. The molecule has 3 atom stereocenters. The zero-order chi connectivity index (χ0) is 21.6. The fraction of sp³-hybridized carbons (Fsp3) is 0.917. The molecule has 2 aliphatic rings. The van der Waals surface area contributed by atoms with E-state index in [2.05, 4.69) is 13.8 Å². The topological polar surface area (TPSA) is 71.1 Å². The molecular weight excluding hydrogens is 384 g/mol. The minimum atomic E-state index is -0.595. The van der Waals surface area contributed by atoms with E-state index >= 15 is 0 Å². The van der Waals surface area contributed by atoms with E-state index in [4.69, 9.17) is 18.9 Å². The van der Waals surface area contributed by atoms with Gasteiger partial charge in [-0.05, 0) is 63.7 Å². The molecule has 0 aromatic rings. The van der Waals surface area contributed by atoms with Crippen molar-refractivity contribution in [3.8, 4) is 0 Å². The standard InChI is InChI=1S/C24H42O6/c1-3-5-7-12-19(11-4-2)18-27-23(25)29-21-15-10-16-22(17-21)30-24(26)28-20-13-8-6-9-14-20/h19-22H,3-18H2,1-2H3. The molecule has 174 valence electrons. The van der Waals surface area contributed by atoms with Crippen molar-refractivity contribution in [1.29, 1.82) is 0 Å². The zero-order valence-electron chi connectivity index (χ0n) is 19.1. The van der Waals surface area contributed by atoms with E-state index in [-0.39, 0.29) is 18.3 Å². The highest BCUT2D eigenvalue weighted by Gasteiger charge is 2.29. The van der Waals surface area contributed by atoms with Crippen molar-refractivity contribution < 1.29 is 28.5 Å². The average molecular weight is 427 g/mol. The van der Waals surface area contributed by atoms with Gasteiger partial charge in [0.2, 0.25) is 0 Å². The van der Waals surface area contributed by atoms with Gasteiger partial charge >= 0.3 is 12.3 Å². The molecule has 0 N–H and O–H groups in total. The third kappa shape index (κ3) is 10.0. The maximum absolute atomic E-state index is 12.2. The van der Waals surface area contributed by atoms with Crippen LogP contribution in [0.25, 0.3) is 0 Å². The number of carbonyl (C=O) groups excluding carboxylic acids is 2. The highest BCUT2D eigenvalue weighted by molar-refractivity contribution is 5.61. The maximum atomic E-state index is 12.2. The monoisotopic (exact) mass is 426 g/mol. The lowest BCUT2D eigenvalue weighted by molar-refractivity contribution is -0.0483. The summed E-state index contributed by atoms with van der Waals surface area (Å²) in [7, 11) is 0. The Bertz CT molecular complexity index is 488. The summed E-state index contributed by atoms with van der Waals surface area (Å²) in [4.78, 5) is 24.2. The number of hydrogen-bond donors (Lipinski definition) is 0. The van der Waals surface area contributed by atoms with Gasteiger partial charge in [-0.25, -0.2) is 9.59 Å². The van der Waals surface area contributed by atoms with Gasteiger partial charge in [0.05, 0.1) is 6.61 Å². The van der Waals surface area contributed by atoms with Crippen LogP contribution in [0.1, 0.15) is 110 Å². The Hall–Kier alpha value is -1.46. The molecule has 6 heteroatoms. The van der Waals surface area contributed by atoms with Crippen LogP contribution in [0.15, 0.2) is 0 Å². The van der Waals surface area contributed by atoms with Crippen LogP contribution in [-0.2, 0) is 18.9 Å². The van der Waals surface area contributed by atoms with Gasteiger partial charge in [-0.2, -0.15) is 0 Å². The Balaban J connectivity index is 1.66. The number of ether oxygens (including phenoxy) is 4. The smallest absolute Gasteiger partial charge is 0.434 e. The van der Waals surface area contributed by atoms with E-state index in [0.717, 1.165) is 64.2 Å². The summed E-state index contributed by atoms with van der Waals surface area (Å²) in [6.45, 7) is 4.78. The van der Waals surface area contributed by atoms with Gasteiger partial charge < -0.3 is 18.9 Å². The minimum Gasteiger partial charge on any atom is -0.434 e. The molecule has 0 bridgehead atoms. The second-order valence-corrected chi connectivity index (χ2v) is 8.99. The van der Waals surface area contributed by atoms with Crippen molar-refractivity contribution in [1.82, 2.24) is 0 Å². The Kier molecular flexibility index (Phi) is 12.0. The molecule has 2 rings (SSSR count). The van der Waals surface area contributed by atoms with Crippen molar-refractivity contribution in [2.75, 3.05) is 6.61 Å². The van der Waals surface area contributed by atoms with Crippen molar-refractivity contribution >= 4 is 12.3 Å². The van der Waals surface area contributed by atoms with Crippen LogP contribution >= 0.6 is 0 Å². The number of unbranched alkanes of at least 4 members (excludes halogenated alkanes) is 2. The number of carbonyl (C=O) groups is 2. The third-order valence-corrected chi connectivity index (χ3v) is 6.27. The zero-order valence-corrected chi connectivity index (χ0v) is 19.1. The Morgan fingerprint density at radius 1 is 0.733 bits per heavy atom. The molecule has 0 aliphatic heterocycles. The van der Waals surface area contributed by atoms with Crippen LogP contribution < -0.4 is 0 Å². The lowest BCUT2D eigenvalue weighted by Crippen LogP contribution is -2.33. The van der Waals surface area contributed by atoms with Gasteiger partial charge in [0.1, 0.15) is 18.3 Å². The molecule has 3 unspecified atom stereocenters. The molecule has 30 heavy (non-hydrogen) atoms. The Labute approximate surface area is 182 Å². The molecule has 0 aromatic heterocycles. The van der Waals surface area contributed by atoms with Crippen molar-refractivity contribution in [2.24, 2.45) is 5.92 Å². The Morgan fingerprint density at radius 2 is 1.37 bits per heavy atom. The molecule has 0 spiro atoms. The first-order valence-electron chi connectivity index (χ1n) is 12.3. The van der Waals surface area contributed by atoms with Crippen LogP contribution in [-0.4, -0.2) is 37.2 Å². The molecule has 0 amide bonds. The predicted molar refractivity (Wildman–Crippen MR) is 115 cm³/mol. The van der Waals surface area contributed by atoms with Crippen LogP contribution in [0.3, 0.4) is 0 Å². The van der Waals surface area contributed by atoms with E-state index in [9.17, 15) is 9.59 Å². The van der Waals surface area contributed by atoms with E-state index in [0.29, 0.717) is 18.9 Å². The largest absolute Gasteiger partial charge is 0.508 e. The highest BCUT2D eigenvalue weighted by Crippen LogP contribution is 2.26. The number of rotatable bonds is 11. The molecule has 6 nitrogen and oxygen atoms in total. The second kappa shape index (κ2) is 14.5. The van der Waals surface area contributed by atoms with Gasteiger partial charge in [-0.3, -0.25) is 0 Å². The molecule has 0 aromatic carbocycles. The fourth-order valence-electron chi connectivity index (χ4n) is 4.56. The van der Waals surface area contributed by atoms with E-state index in [1.54, 1.807) is 0 Å². The molecule has 0 saturated heterocycles. The van der Waals surface area contributed by atoms with Crippen molar-refractivity contribution in [3.63, 3.8) is 0 Å². The van der Waals surface area contributed by atoms with E-state index in [1.165, 1.54) is 25.7 Å². The summed E-state index contributed by atoms with van der Waals surface area (Å²) < 4.78 is 21.9. The molecule has 0 heterocycles. The first-order valence-corrected chi connectivity index (χ1v) is 12.3. The molecule has 0 radical (unpaired) electrons. The predicted octanol–water partition coefficient (Wildman–Crippen LogP) is 6.93. The summed E-state index contributed by atoms with van der Waals surface area (Å²) >= 11 is 0. The second-order valence-electron chi connectivity index (χ2n) is 8.99. The van der Waals surface area contributed by atoms with Crippen molar-refractivity contribution in [2.45, 2.75) is 128 Å². The molecule has 2 saturated carbocycles. The van der Waals surface area contributed by atoms with Gasteiger partial charge in [-0.15, -0.1) is 0 Å². The van der Waals surface area contributed by atoms with Crippen LogP contribution in [0, 0.1) is 5.92 Å². The summed E-state index contributed by atoms with van der Waals surface area (Å²) in [6, 6.07) is 0. The molecule has 2 aliphatic carbocycles. The quantitative estimate of drug-likeness (QED) is 0.263. The first-order chi connectivity index (χ1) is 14.6. The van der Waals surface area contributed by atoms with Crippen LogP contribution in [0.2, 0.25) is 0 Å². The summed E-state index contributed by atoms with van der Waals surface area (Å²) in [5.74, 6) is 0.408. The lowest BCUT2D eigenvalue weighted by Gasteiger charge is -2.29. The highest BCUT2D eigenvalue weighted by atomic mass is 16.7. The SMILES string of the molecule is CCCCCC(CCC)COC(=O)OC1CCCC(OC(=O)OC2CCCCC2)C1. The fourth-order valence-corrected chi connectivity index (χ4v) is 4.56. The average Bonchev–Trinajstić information content (AvgIpc) is 2.73. The summed E-state index contributed by atoms with van der Waals surface area (Å²) in [5.41, 5.74) is 0. The maximum Gasteiger partial charge on any atom is 0.508 e. The van der Waals surface area contributed by atoms with Gasteiger partial charge in [0.15, 0.2) is 0 Å². The van der Waals surface area contributed by atoms with Crippen molar-refractivity contribution in [3.05, 3.63) is 0 Å². The lowest BCUT2D eigenvalue weighted by atomic mass is 9.95. The van der Waals surface area contributed by atoms with E-state index in [1.807, 2.05) is 0 Å². The molecule has 2 fully saturated rings. The first kappa shape index (κ1) is 24.8. The van der Waals surface area contributed by atoms with E-state index < -0.39 is 12.3 Å².